The van der Waals surface area contributed by atoms with Crippen LogP contribution < -0.4 is 10.2 Å². The lowest BCUT2D eigenvalue weighted by atomic mass is 10.0. The smallest absolute Gasteiger partial charge is 0.225 e. The molecule has 1 N–H and O–H groups in total. The monoisotopic (exact) mass is 480 g/mol. The minimum Gasteiger partial charge on any atom is -0.356 e. The molecule has 0 bridgehead atoms. The number of aromatic nitrogens is 2. The van der Waals surface area contributed by atoms with Crippen molar-refractivity contribution >= 4 is 35.9 Å². The molecule has 1 aliphatic heterocycles. The van der Waals surface area contributed by atoms with Crippen LogP contribution >= 0.6 is 24.0 Å². The Morgan fingerprint density at radius 3 is 2.33 bits per heavy atom. The molecule has 2 heterocycles. The van der Waals surface area contributed by atoms with Gasteiger partial charge in [0.2, 0.25) is 5.95 Å². The molecule has 1 aliphatic rings. The van der Waals surface area contributed by atoms with Gasteiger partial charge in [-0.15, -0.1) is 24.0 Å². The van der Waals surface area contributed by atoms with Crippen LogP contribution in [-0.4, -0.2) is 60.6 Å². The molecule has 0 spiro atoms. The van der Waals surface area contributed by atoms with Gasteiger partial charge in [0.15, 0.2) is 5.96 Å². The number of hydrogen-bond acceptors (Lipinski definition) is 4. The molecular formula is C20H29IN6. The van der Waals surface area contributed by atoms with Crippen molar-refractivity contribution < 1.29 is 0 Å². The van der Waals surface area contributed by atoms with Gasteiger partial charge < -0.3 is 15.1 Å². The fraction of sp³-hybridized carbons (Fsp3) is 0.450. The highest BCUT2D eigenvalue weighted by atomic mass is 127. The maximum atomic E-state index is 4.47. The Morgan fingerprint density at radius 1 is 1.11 bits per heavy atom. The molecule has 2 aromatic rings. The second kappa shape index (κ2) is 10.4. The molecule has 1 aromatic carbocycles. The Balaban J connectivity index is 0.00000261. The number of hydrogen-bond donors (Lipinski definition) is 1. The van der Waals surface area contributed by atoms with Crippen LogP contribution in [0, 0.1) is 6.92 Å². The first-order valence-electron chi connectivity index (χ1n) is 9.21. The number of anilines is 1. The molecule has 1 unspecified atom stereocenters. The van der Waals surface area contributed by atoms with E-state index in [1.165, 1.54) is 11.1 Å². The van der Waals surface area contributed by atoms with E-state index in [1.54, 1.807) is 12.4 Å². The summed E-state index contributed by atoms with van der Waals surface area (Å²) >= 11 is 0. The average molecular weight is 480 g/mol. The Kier molecular flexibility index (Phi) is 8.27. The quantitative estimate of drug-likeness (QED) is 0.415. The van der Waals surface area contributed by atoms with E-state index in [2.05, 4.69) is 68.2 Å². The molecule has 0 aliphatic carbocycles. The molecular weight excluding hydrogens is 451 g/mol. The molecule has 27 heavy (non-hydrogen) atoms. The van der Waals surface area contributed by atoms with Crippen LogP contribution in [0.2, 0.25) is 0 Å². The van der Waals surface area contributed by atoms with Crippen LogP contribution in [0.1, 0.15) is 24.0 Å². The molecule has 7 heteroatoms. The second-order valence-electron chi connectivity index (χ2n) is 6.76. The molecule has 1 aromatic heterocycles. The third-order valence-electron chi connectivity index (χ3n) is 4.84. The van der Waals surface area contributed by atoms with Gasteiger partial charge in [0.05, 0.1) is 0 Å². The predicted molar refractivity (Wildman–Crippen MR) is 122 cm³/mol. The lowest BCUT2D eigenvalue weighted by molar-refractivity contribution is 0.369. The average Bonchev–Trinajstić information content (AvgIpc) is 2.70. The maximum absolute atomic E-state index is 4.47. The summed E-state index contributed by atoms with van der Waals surface area (Å²) in [6.45, 7) is 8.87. The van der Waals surface area contributed by atoms with Gasteiger partial charge in [0, 0.05) is 52.2 Å². The fourth-order valence-corrected chi connectivity index (χ4v) is 3.16. The Bertz CT molecular complexity index is 711. The highest BCUT2D eigenvalue weighted by molar-refractivity contribution is 14.0. The Hall–Kier alpha value is -1.90. The first-order chi connectivity index (χ1) is 12.7. The topological polar surface area (TPSA) is 56.7 Å². The summed E-state index contributed by atoms with van der Waals surface area (Å²) in [5.74, 6) is 2.21. The molecule has 0 saturated carbocycles. The summed E-state index contributed by atoms with van der Waals surface area (Å²) in [4.78, 5) is 17.7. The highest BCUT2D eigenvalue weighted by Gasteiger charge is 2.21. The Morgan fingerprint density at radius 2 is 1.74 bits per heavy atom. The minimum absolute atomic E-state index is 0. The zero-order valence-corrected chi connectivity index (χ0v) is 18.6. The van der Waals surface area contributed by atoms with Gasteiger partial charge in [-0.1, -0.05) is 36.8 Å². The van der Waals surface area contributed by atoms with E-state index in [4.69, 9.17) is 0 Å². The summed E-state index contributed by atoms with van der Waals surface area (Å²) in [5, 5.41) is 3.53. The van der Waals surface area contributed by atoms with E-state index in [9.17, 15) is 0 Å². The number of aryl methyl sites for hydroxylation is 1. The van der Waals surface area contributed by atoms with E-state index in [1.807, 2.05) is 13.1 Å². The molecule has 0 amide bonds. The van der Waals surface area contributed by atoms with E-state index >= 15 is 0 Å². The predicted octanol–water partition coefficient (Wildman–Crippen LogP) is 2.90. The van der Waals surface area contributed by atoms with E-state index in [0.29, 0.717) is 5.92 Å². The number of nitrogens with one attached hydrogen (secondary N) is 1. The summed E-state index contributed by atoms with van der Waals surface area (Å²) in [6, 6.07) is 10.6. The molecule has 3 rings (SSSR count). The van der Waals surface area contributed by atoms with Crippen LogP contribution in [0.5, 0.6) is 0 Å². The van der Waals surface area contributed by atoms with Crippen molar-refractivity contribution in [2.24, 2.45) is 4.99 Å². The number of aliphatic imine (C=N–C) groups is 1. The maximum Gasteiger partial charge on any atom is 0.225 e. The number of guanidine groups is 1. The van der Waals surface area contributed by atoms with Crippen LogP contribution in [0.4, 0.5) is 5.95 Å². The third-order valence-corrected chi connectivity index (χ3v) is 4.84. The normalized spacial score (nSPS) is 15.9. The van der Waals surface area contributed by atoms with Crippen molar-refractivity contribution in [3.63, 3.8) is 0 Å². The zero-order chi connectivity index (χ0) is 18.4. The van der Waals surface area contributed by atoms with E-state index < -0.39 is 0 Å². The first kappa shape index (κ1) is 21.4. The van der Waals surface area contributed by atoms with E-state index in [-0.39, 0.29) is 24.0 Å². The van der Waals surface area contributed by atoms with E-state index in [0.717, 1.165) is 44.6 Å². The van der Waals surface area contributed by atoms with Gasteiger partial charge in [-0.05, 0) is 24.5 Å². The number of piperazine rings is 1. The van der Waals surface area contributed by atoms with Crippen molar-refractivity contribution in [1.29, 1.82) is 0 Å². The molecule has 146 valence electrons. The van der Waals surface area contributed by atoms with Crippen LogP contribution in [0.25, 0.3) is 0 Å². The summed E-state index contributed by atoms with van der Waals surface area (Å²) < 4.78 is 0. The van der Waals surface area contributed by atoms with Crippen LogP contribution in [-0.2, 0) is 0 Å². The summed E-state index contributed by atoms with van der Waals surface area (Å²) in [6.07, 6.45) is 3.59. The molecule has 1 atom stereocenters. The van der Waals surface area contributed by atoms with Gasteiger partial charge >= 0.3 is 0 Å². The van der Waals surface area contributed by atoms with Gasteiger partial charge in [0.25, 0.3) is 0 Å². The minimum atomic E-state index is 0. The van der Waals surface area contributed by atoms with Crippen molar-refractivity contribution in [1.82, 2.24) is 20.2 Å². The van der Waals surface area contributed by atoms with Gasteiger partial charge in [-0.3, -0.25) is 4.99 Å². The number of rotatable bonds is 4. The van der Waals surface area contributed by atoms with Crippen molar-refractivity contribution in [3.8, 4) is 0 Å². The van der Waals surface area contributed by atoms with Crippen molar-refractivity contribution in [3.05, 3.63) is 53.9 Å². The number of nitrogens with zero attached hydrogens (tertiary/aromatic N) is 5. The first-order valence-corrected chi connectivity index (χ1v) is 9.21. The summed E-state index contributed by atoms with van der Waals surface area (Å²) in [7, 11) is 1.85. The summed E-state index contributed by atoms with van der Waals surface area (Å²) in [5.41, 5.74) is 2.65. The lowest BCUT2D eigenvalue weighted by Crippen LogP contribution is -2.53. The molecule has 6 nitrogen and oxygen atoms in total. The Labute approximate surface area is 179 Å². The van der Waals surface area contributed by atoms with Crippen molar-refractivity contribution in [2.75, 3.05) is 44.7 Å². The largest absolute Gasteiger partial charge is 0.356 e. The molecule has 0 radical (unpaired) electrons. The van der Waals surface area contributed by atoms with Gasteiger partial charge in [-0.25, -0.2) is 9.97 Å². The highest BCUT2D eigenvalue weighted by Crippen LogP contribution is 2.15. The number of halogens is 1. The number of benzene rings is 1. The van der Waals surface area contributed by atoms with Crippen LogP contribution in [0.3, 0.4) is 0 Å². The fourth-order valence-electron chi connectivity index (χ4n) is 3.16. The SMILES string of the molecule is CN=C(NCC(C)c1ccc(C)cc1)N1CCN(c2ncccn2)CC1.I. The van der Waals surface area contributed by atoms with Gasteiger partial charge in [0.1, 0.15) is 0 Å². The lowest BCUT2D eigenvalue weighted by Gasteiger charge is -2.36. The molecule has 1 fully saturated rings. The standard InChI is InChI=1S/C20H28N6.HI/c1-16-5-7-18(8-6-16)17(2)15-24-19(21-3)25-11-13-26(14-12-25)20-22-9-4-10-23-20;/h4-10,17H,11-15H2,1-3H3,(H,21,24);1H. The zero-order valence-electron chi connectivity index (χ0n) is 16.3. The third kappa shape index (κ3) is 5.79. The second-order valence-corrected chi connectivity index (χ2v) is 6.76. The van der Waals surface area contributed by atoms with Gasteiger partial charge in [-0.2, -0.15) is 0 Å². The van der Waals surface area contributed by atoms with Crippen molar-refractivity contribution in [2.45, 2.75) is 19.8 Å². The molecule has 1 saturated heterocycles. The van der Waals surface area contributed by atoms with Crippen LogP contribution in [0.15, 0.2) is 47.7 Å².